The van der Waals surface area contributed by atoms with Crippen LogP contribution >= 0.6 is 15.9 Å². The molecule has 0 spiro atoms. The van der Waals surface area contributed by atoms with Gasteiger partial charge in [0, 0.05) is 15.6 Å². The fraction of sp³-hybridized carbons (Fsp3) is 0.333. The minimum absolute atomic E-state index is 0.0995. The third kappa shape index (κ3) is 3.06. The predicted molar refractivity (Wildman–Crippen MR) is 70.8 cm³/mol. The minimum Gasteiger partial charge on any atom is -0.333 e. The molecule has 0 amide bonds. The van der Waals surface area contributed by atoms with Crippen molar-refractivity contribution in [3.05, 3.63) is 28.7 Å². The molecule has 17 heavy (non-hydrogen) atoms. The molecule has 0 aliphatic rings. The second-order valence-corrected chi connectivity index (χ2v) is 5.63. The van der Waals surface area contributed by atoms with Crippen LogP contribution in [0.25, 0.3) is 11.4 Å². The largest absolute Gasteiger partial charge is 0.333 e. The molecular weight excluding hydrogens is 282 g/mol. The summed E-state index contributed by atoms with van der Waals surface area (Å²) in [5.74, 6) is 0.573. The SMILES string of the molecule is CC(C)(C)Nc1nc(-c2ccccc2Br)no1. The van der Waals surface area contributed by atoms with Gasteiger partial charge in [-0.05, 0) is 32.9 Å². The van der Waals surface area contributed by atoms with Crippen molar-refractivity contribution in [2.75, 3.05) is 5.32 Å². The summed E-state index contributed by atoms with van der Waals surface area (Å²) in [5, 5.41) is 7.09. The Bertz CT molecular complexity index is 516. The van der Waals surface area contributed by atoms with Crippen LogP contribution in [0.1, 0.15) is 20.8 Å². The number of hydrogen-bond acceptors (Lipinski definition) is 4. The first-order chi connectivity index (χ1) is 7.96. The van der Waals surface area contributed by atoms with Gasteiger partial charge in [0.05, 0.1) is 0 Å². The van der Waals surface area contributed by atoms with E-state index in [1.54, 1.807) is 0 Å². The summed E-state index contributed by atoms with van der Waals surface area (Å²) in [4.78, 5) is 4.31. The number of aromatic nitrogens is 2. The molecule has 0 atom stereocenters. The molecular formula is C12H14BrN3O. The van der Waals surface area contributed by atoms with Crippen LogP contribution < -0.4 is 5.32 Å². The van der Waals surface area contributed by atoms with Gasteiger partial charge in [-0.15, -0.1) is 0 Å². The summed E-state index contributed by atoms with van der Waals surface area (Å²) in [5.41, 5.74) is 0.816. The number of halogens is 1. The van der Waals surface area contributed by atoms with E-state index in [0.29, 0.717) is 11.8 Å². The molecule has 5 heteroatoms. The number of anilines is 1. The Morgan fingerprint density at radius 3 is 2.59 bits per heavy atom. The van der Waals surface area contributed by atoms with E-state index in [1.165, 1.54) is 0 Å². The molecule has 1 N–H and O–H groups in total. The van der Waals surface area contributed by atoms with Crippen molar-refractivity contribution in [3.63, 3.8) is 0 Å². The highest BCUT2D eigenvalue weighted by Gasteiger charge is 2.16. The van der Waals surface area contributed by atoms with Gasteiger partial charge in [-0.2, -0.15) is 4.98 Å². The Kier molecular flexibility index (Phi) is 3.19. The molecule has 0 saturated heterocycles. The van der Waals surface area contributed by atoms with Gasteiger partial charge in [0.1, 0.15) is 0 Å². The van der Waals surface area contributed by atoms with Crippen molar-refractivity contribution < 1.29 is 4.52 Å². The second-order valence-electron chi connectivity index (χ2n) is 4.78. The molecule has 0 aliphatic heterocycles. The highest BCUT2D eigenvalue weighted by molar-refractivity contribution is 9.10. The molecule has 0 radical (unpaired) electrons. The molecule has 0 fully saturated rings. The number of nitrogens with one attached hydrogen (secondary N) is 1. The summed E-state index contributed by atoms with van der Waals surface area (Å²) in [6.45, 7) is 6.11. The van der Waals surface area contributed by atoms with Gasteiger partial charge in [0.15, 0.2) is 0 Å². The molecule has 0 bridgehead atoms. The normalized spacial score (nSPS) is 11.5. The topological polar surface area (TPSA) is 51.0 Å². The van der Waals surface area contributed by atoms with Crippen LogP contribution in [0.4, 0.5) is 6.01 Å². The van der Waals surface area contributed by atoms with Gasteiger partial charge in [-0.1, -0.05) is 33.2 Å². The molecule has 0 aliphatic carbocycles. The van der Waals surface area contributed by atoms with Gasteiger partial charge in [-0.3, -0.25) is 0 Å². The Morgan fingerprint density at radius 1 is 1.24 bits per heavy atom. The lowest BCUT2D eigenvalue weighted by molar-refractivity contribution is 0.420. The summed E-state index contributed by atoms with van der Waals surface area (Å²) < 4.78 is 6.10. The van der Waals surface area contributed by atoms with Crippen molar-refractivity contribution in [2.24, 2.45) is 0 Å². The zero-order valence-electron chi connectivity index (χ0n) is 9.99. The van der Waals surface area contributed by atoms with Crippen molar-refractivity contribution >= 4 is 21.9 Å². The van der Waals surface area contributed by atoms with Crippen molar-refractivity contribution in [3.8, 4) is 11.4 Å². The van der Waals surface area contributed by atoms with Crippen LogP contribution in [0.15, 0.2) is 33.3 Å². The van der Waals surface area contributed by atoms with Crippen LogP contribution in [0.2, 0.25) is 0 Å². The van der Waals surface area contributed by atoms with Gasteiger partial charge >= 0.3 is 6.01 Å². The van der Waals surface area contributed by atoms with Crippen molar-refractivity contribution in [1.29, 1.82) is 0 Å². The summed E-state index contributed by atoms with van der Waals surface area (Å²) >= 11 is 3.46. The lowest BCUT2D eigenvalue weighted by Crippen LogP contribution is -2.26. The Balaban J connectivity index is 2.28. The maximum Gasteiger partial charge on any atom is 0.322 e. The van der Waals surface area contributed by atoms with Crippen molar-refractivity contribution in [1.82, 2.24) is 10.1 Å². The molecule has 2 aromatic rings. The van der Waals surface area contributed by atoms with Crippen LogP contribution in [0.5, 0.6) is 0 Å². The summed E-state index contributed by atoms with van der Waals surface area (Å²) in [7, 11) is 0. The smallest absolute Gasteiger partial charge is 0.322 e. The molecule has 1 heterocycles. The first kappa shape index (κ1) is 12.1. The average molecular weight is 296 g/mol. The van der Waals surface area contributed by atoms with Gasteiger partial charge in [0.25, 0.3) is 0 Å². The zero-order valence-corrected chi connectivity index (χ0v) is 11.6. The first-order valence-corrected chi connectivity index (χ1v) is 6.12. The van der Waals surface area contributed by atoms with E-state index in [9.17, 15) is 0 Å². The van der Waals surface area contributed by atoms with E-state index < -0.39 is 0 Å². The zero-order chi connectivity index (χ0) is 12.5. The molecule has 4 nitrogen and oxygen atoms in total. The predicted octanol–water partition coefficient (Wildman–Crippen LogP) is 3.71. The Hall–Kier alpha value is -1.36. The van der Waals surface area contributed by atoms with Gasteiger partial charge in [-0.25, -0.2) is 0 Å². The minimum atomic E-state index is -0.0995. The second kappa shape index (κ2) is 4.49. The lowest BCUT2D eigenvalue weighted by Gasteiger charge is -2.17. The van der Waals surface area contributed by atoms with Crippen LogP contribution in [0, 0.1) is 0 Å². The number of benzene rings is 1. The summed E-state index contributed by atoms with van der Waals surface area (Å²) in [6.07, 6.45) is 0. The third-order valence-corrected chi connectivity index (χ3v) is 2.71. The van der Waals surface area contributed by atoms with E-state index in [-0.39, 0.29) is 5.54 Å². The maximum absolute atomic E-state index is 5.16. The Morgan fingerprint density at radius 2 is 1.94 bits per heavy atom. The number of nitrogens with zero attached hydrogens (tertiary/aromatic N) is 2. The quantitative estimate of drug-likeness (QED) is 0.918. The maximum atomic E-state index is 5.16. The number of rotatable bonds is 2. The van der Waals surface area contributed by atoms with Crippen LogP contribution in [-0.4, -0.2) is 15.7 Å². The monoisotopic (exact) mass is 295 g/mol. The fourth-order valence-corrected chi connectivity index (χ4v) is 1.81. The van der Waals surface area contributed by atoms with E-state index in [1.807, 2.05) is 45.0 Å². The third-order valence-electron chi connectivity index (χ3n) is 2.02. The summed E-state index contributed by atoms with van der Waals surface area (Å²) in [6, 6.07) is 8.21. The molecule has 90 valence electrons. The molecule has 0 unspecified atom stereocenters. The van der Waals surface area contributed by atoms with Crippen LogP contribution in [-0.2, 0) is 0 Å². The average Bonchev–Trinajstić information content (AvgIpc) is 2.64. The number of hydrogen-bond donors (Lipinski definition) is 1. The standard InChI is InChI=1S/C12H14BrN3O/c1-12(2,3)15-11-14-10(16-17-11)8-6-4-5-7-9(8)13/h4-7H,1-3H3,(H,14,15,16). The van der Waals surface area contributed by atoms with Crippen molar-refractivity contribution in [2.45, 2.75) is 26.3 Å². The first-order valence-electron chi connectivity index (χ1n) is 5.32. The van der Waals surface area contributed by atoms with E-state index >= 15 is 0 Å². The molecule has 2 rings (SSSR count). The van der Waals surface area contributed by atoms with E-state index in [0.717, 1.165) is 10.0 Å². The molecule has 1 aromatic carbocycles. The van der Waals surface area contributed by atoms with E-state index in [2.05, 4.69) is 31.4 Å². The fourth-order valence-electron chi connectivity index (χ4n) is 1.35. The Labute approximate surface area is 109 Å². The van der Waals surface area contributed by atoms with Gasteiger partial charge < -0.3 is 9.84 Å². The highest BCUT2D eigenvalue weighted by Crippen LogP contribution is 2.26. The molecule has 0 saturated carbocycles. The lowest BCUT2D eigenvalue weighted by atomic mass is 10.1. The van der Waals surface area contributed by atoms with E-state index in [4.69, 9.17) is 4.52 Å². The van der Waals surface area contributed by atoms with Crippen LogP contribution in [0.3, 0.4) is 0 Å². The van der Waals surface area contributed by atoms with Gasteiger partial charge in [0.2, 0.25) is 5.82 Å². The molecule has 1 aromatic heterocycles. The highest BCUT2D eigenvalue weighted by atomic mass is 79.9.